The molecule has 0 saturated carbocycles. The molecule has 0 bridgehead atoms. The Morgan fingerprint density at radius 2 is 2.11 bits per heavy atom. The molecule has 0 saturated heterocycles. The third-order valence-corrected chi connectivity index (χ3v) is 3.52. The molecule has 19 heavy (non-hydrogen) atoms. The van der Waals surface area contributed by atoms with Gasteiger partial charge in [-0.1, -0.05) is 0 Å². The number of carbonyl (C=O) groups excluding carboxylic acids is 2. The molecule has 0 N–H and O–H groups in total. The highest BCUT2D eigenvalue weighted by Crippen LogP contribution is 2.16. The van der Waals surface area contributed by atoms with Crippen LogP contribution in [-0.2, 0) is 16.1 Å². The van der Waals surface area contributed by atoms with E-state index < -0.39 is 11.3 Å². The molecule has 0 aliphatic carbocycles. The van der Waals surface area contributed by atoms with Crippen molar-refractivity contribution in [3.05, 3.63) is 16.1 Å². The molecule has 7 heteroatoms. The summed E-state index contributed by atoms with van der Waals surface area (Å²) in [5.74, 6) is -0.623. The Bertz CT molecular complexity index is 460. The van der Waals surface area contributed by atoms with Gasteiger partial charge in [-0.15, -0.1) is 22.9 Å². The van der Waals surface area contributed by atoms with Crippen LogP contribution in [0.2, 0.25) is 0 Å². The summed E-state index contributed by atoms with van der Waals surface area (Å²) >= 11 is 7.15. The van der Waals surface area contributed by atoms with Crippen molar-refractivity contribution in [1.29, 1.82) is 0 Å². The minimum Gasteiger partial charge on any atom is -0.464 e. The van der Waals surface area contributed by atoms with E-state index in [9.17, 15) is 9.59 Å². The van der Waals surface area contributed by atoms with E-state index in [2.05, 4.69) is 9.72 Å². The Hall–Kier alpha value is -1.14. The normalized spacial score (nSPS) is 12.3. The van der Waals surface area contributed by atoms with E-state index in [0.717, 1.165) is 0 Å². The SMILES string of the molecule is COC(=O)c1csc(CN(C(=O)[C@@H](C)Cl)C(C)C)n1. The van der Waals surface area contributed by atoms with Gasteiger partial charge in [-0.3, -0.25) is 4.79 Å². The maximum atomic E-state index is 12.0. The van der Waals surface area contributed by atoms with Crippen molar-refractivity contribution in [2.45, 2.75) is 38.7 Å². The summed E-state index contributed by atoms with van der Waals surface area (Å²) in [4.78, 5) is 29.1. The first-order valence-electron chi connectivity index (χ1n) is 5.84. The molecule has 0 aliphatic rings. The van der Waals surface area contributed by atoms with Crippen molar-refractivity contribution in [2.24, 2.45) is 0 Å². The predicted octanol–water partition coefficient (Wildman–Crippen LogP) is 2.29. The minimum atomic E-state index is -0.581. The van der Waals surface area contributed by atoms with Crippen molar-refractivity contribution in [2.75, 3.05) is 7.11 Å². The van der Waals surface area contributed by atoms with Crippen LogP contribution in [0.4, 0.5) is 0 Å². The molecular formula is C12H17ClN2O3S. The van der Waals surface area contributed by atoms with Crippen molar-refractivity contribution in [1.82, 2.24) is 9.88 Å². The standard InChI is InChI=1S/C12H17ClN2O3S/c1-7(2)15(11(16)8(3)13)5-10-14-9(6-19-10)12(17)18-4/h6-8H,5H2,1-4H3/t8-/m1/s1. The number of rotatable bonds is 5. The molecule has 5 nitrogen and oxygen atoms in total. The highest BCUT2D eigenvalue weighted by Gasteiger charge is 2.23. The first kappa shape index (κ1) is 15.9. The number of carbonyl (C=O) groups is 2. The quantitative estimate of drug-likeness (QED) is 0.618. The lowest BCUT2D eigenvalue weighted by Crippen LogP contribution is -2.40. The van der Waals surface area contributed by atoms with E-state index in [1.54, 1.807) is 17.2 Å². The predicted molar refractivity (Wildman–Crippen MR) is 74.5 cm³/mol. The molecule has 1 aromatic rings. The number of nitrogens with zero attached hydrogens (tertiary/aromatic N) is 2. The first-order valence-corrected chi connectivity index (χ1v) is 7.15. The minimum absolute atomic E-state index is 0.0131. The lowest BCUT2D eigenvalue weighted by molar-refractivity contribution is -0.132. The van der Waals surface area contributed by atoms with Crippen molar-refractivity contribution in [3.8, 4) is 0 Å². The second kappa shape index (κ2) is 6.86. The summed E-state index contributed by atoms with van der Waals surface area (Å²) in [7, 11) is 1.31. The average Bonchev–Trinajstić information content (AvgIpc) is 2.82. The van der Waals surface area contributed by atoms with Gasteiger partial charge in [-0.2, -0.15) is 0 Å². The molecule has 1 rings (SSSR count). The fourth-order valence-electron chi connectivity index (χ4n) is 1.47. The molecule has 1 heterocycles. The molecule has 0 fully saturated rings. The number of halogens is 1. The number of ether oxygens (including phenoxy) is 1. The van der Waals surface area contributed by atoms with Crippen LogP contribution in [0, 0.1) is 0 Å². The number of methoxy groups -OCH3 is 1. The second-order valence-electron chi connectivity index (χ2n) is 4.29. The largest absolute Gasteiger partial charge is 0.464 e. The topological polar surface area (TPSA) is 59.5 Å². The van der Waals surface area contributed by atoms with Gasteiger partial charge in [-0.05, 0) is 20.8 Å². The van der Waals surface area contributed by atoms with Gasteiger partial charge >= 0.3 is 5.97 Å². The number of thiazole rings is 1. The zero-order valence-corrected chi connectivity index (χ0v) is 12.9. The molecule has 0 aliphatic heterocycles. The summed E-state index contributed by atoms with van der Waals surface area (Å²) in [6.07, 6.45) is 0. The first-order chi connectivity index (χ1) is 8.86. The molecular weight excluding hydrogens is 288 g/mol. The van der Waals surface area contributed by atoms with E-state index >= 15 is 0 Å². The van der Waals surface area contributed by atoms with E-state index in [1.165, 1.54) is 18.4 Å². The van der Waals surface area contributed by atoms with Gasteiger partial charge in [0.15, 0.2) is 5.69 Å². The van der Waals surface area contributed by atoms with E-state index in [1.807, 2.05) is 13.8 Å². The van der Waals surface area contributed by atoms with Gasteiger partial charge in [0.05, 0.1) is 13.7 Å². The van der Waals surface area contributed by atoms with Crippen LogP contribution in [0.1, 0.15) is 36.3 Å². The summed E-state index contributed by atoms with van der Waals surface area (Å²) in [6, 6.07) is 0.0131. The van der Waals surface area contributed by atoms with E-state index in [-0.39, 0.29) is 17.6 Å². The Morgan fingerprint density at radius 1 is 1.47 bits per heavy atom. The number of aromatic nitrogens is 1. The Kier molecular flexibility index (Phi) is 5.75. The van der Waals surface area contributed by atoms with Gasteiger partial charge in [-0.25, -0.2) is 9.78 Å². The van der Waals surface area contributed by atoms with Gasteiger partial charge in [0.2, 0.25) is 5.91 Å². The monoisotopic (exact) mass is 304 g/mol. The maximum absolute atomic E-state index is 12.0. The number of hydrogen-bond acceptors (Lipinski definition) is 5. The molecule has 0 aromatic carbocycles. The van der Waals surface area contributed by atoms with Crippen LogP contribution in [0.15, 0.2) is 5.38 Å². The van der Waals surface area contributed by atoms with Crippen molar-refractivity contribution < 1.29 is 14.3 Å². The third-order valence-electron chi connectivity index (χ3n) is 2.50. The average molecular weight is 305 g/mol. The van der Waals surface area contributed by atoms with Crippen LogP contribution >= 0.6 is 22.9 Å². The summed E-state index contributed by atoms with van der Waals surface area (Å²) in [5, 5.41) is 1.72. The molecule has 0 spiro atoms. The third kappa shape index (κ3) is 4.18. The summed E-state index contributed by atoms with van der Waals surface area (Å²) < 4.78 is 4.59. The van der Waals surface area contributed by atoms with Gasteiger partial charge in [0, 0.05) is 11.4 Å². The lowest BCUT2D eigenvalue weighted by Gasteiger charge is -2.26. The van der Waals surface area contributed by atoms with Crippen LogP contribution < -0.4 is 0 Å². The number of alkyl halides is 1. The molecule has 1 aromatic heterocycles. The van der Waals surface area contributed by atoms with Crippen molar-refractivity contribution in [3.63, 3.8) is 0 Å². The Morgan fingerprint density at radius 3 is 2.58 bits per heavy atom. The zero-order valence-electron chi connectivity index (χ0n) is 11.3. The molecule has 1 atom stereocenters. The van der Waals surface area contributed by atoms with Crippen LogP contribution in [0.3, 0.4) is 0 Å². The second-order valence-corrected chi connectivity index (χ2v) is 5.89. The van der Waals surface area contributed by atoms with E-state index in [4.69, 9.17) is 11.6 Å². The lowest BCUT2D eigenvalue weighted by atomic mass is 10.3. The fourth-order valence-corrected chi connectivity index (χ4v) is 2.36. The van der Waals surface area contributed by atoms with Crippen LogP contribution in [-0.4, -0.2) is 40.3 Å². The number of esters is 1. The number of hydrogen-bond donors (Lipinski definition) is 0. The zero-order chi connectivity index (χ0) is 14.6. The van der Waals surface area contributed by atoms with Gasteiger partial charge < -0.3 is 9.64 Å². The molecule has 0 radical (unpaired) electrons. The Balaban J connectivity index is 2.83. The summed E-state index contributed by atoms with van der Waals surface area (Å²) in [5.41, 5.74) is 0.262. The van der Waals surface area contributed by atoms with E-state index in [0.29, 0.717) is 11.6 Å². The number of amides is 1. The fraction of sp³-hybridized carbons (Fsp3) is 0.583. The molecule has 1 amide bonds. The van der Waals surface area contributed by atoms with Crippen LogP contribution in [0.25, 0.3) is 0 Å². The Labute approximate surface area is 121 Å². The van der Waals surface area contributed by atoms with Crippen LogP contribution in [0.5, 0.6) is 0 Å². The molecule has 106 valence electrons. The van der Waals surface area contributed by atoms with Gasteiger partial charge in [0.1, 0.15) is 10.4 Å². The highest BCUT2D eigenvalue weighted by atomic mass is 35.5. The maximum Gasteiger partial charge on any atom is 0.357 e. The summed E-state index contributed by atoms with van der Waals surface area (Å²) in [6.45, 7) is 5.80. The van der Waals surface area contributed by atoms with Gasteiger partial charge in [0.25, 0.3) is 0 Å². The smallest absolute Gasteiger partial charge is 0.357 e. The molecule has 0 unspecified atom stereocenters. The highest BCUT2D eigenvalue weighted by molar-refractivity contribution is 7.09. The van der Waals surface area contributed by atoms with Crippen molar-refractivity contribution >= 4 is 34.8 Å².